The molecule has 1 rings (SSSR count). The van der Waals surface area contributed by atoms with Crippen molar-refractivity contribution in [2.75, 3.05) is 14.2 Å². The fraction of sp³-hybridized carbons (Fsp3) is 0.455. The first-order valence-electron chi connectivity index (χ1n) is 4.30. The number of benzene rings is 1. The van der Waals surface area contributed by atoms with E-state index in [-0.39, 0.29) is 5.60 Å². The fourth-order valence-corrected chi connectivity index (χ4v) is 1.25. The van der Waals surface area contributed by atoms with Crippen LogP contribution in [0.5, 0.6) is 5.75 Å². The second-order valence-electron chi connectivity index (χ2n) is 3.41. The molecule has 0 atom stereocenters. The van der Waals surface area contributed by atoms with E-state index in [0.29, 0.717) is 0 Å². The number of ether oxygens (including phenoxy) is 2. The van der Waals surface area contributed by atoms with Gasteiger partial charge < -0.3 is 9.47 Å². The Balaban J connectivity index is 3.12. The minimum absolute atomic E-state index is 0.299. The molecule has 0 saturated heterocycles. The fourth-order valence-electron chi connectivity index (χ4n) is 1.25. The quantitative estimate of drug-likeness (QED) is 0.711. The molecular formula is C11H16O2. The lowest BCUT2D eigenvalue weighted by Gasteiger charge is -2.25. The summed E-state index contributed by atoms with van der Waals surface area (Å²) in [6, 6.07) is 7.89. The van der Waals surface area contributed by atoms with Crippen LogP contribution in [0.15, 0.2) is 24.3 Å². The average molecular weight is 180 g/mol. The van der Waals surface area contributed by atoms with Crippen LogP contribution >= 0.6 is 0 Å². The summed E-state index contributed by atoms with van der Waals surface area (Å²) < 4.78 is 10.6. The molecule has 0 spiro atoms. The Kier molecular flexibility index (Phi) is 2.94. The molecule has 0 fully saturated rings. The summed E-state index contributed by atoms with van der Waals surface area (Å²) in [5, 5.41) is 0. The zero-order valence-electron chi connectivity index (χ0n) is 8.63. The number of hydrogen-bond donors (Lipinski definition) is 0. The lowest BCUT2D eigenvalue weighted by Crippen LogP contribution is -2.20. The summed E-state index contributed by atoms with van der Waals surface area (Å²) in [4.78, 5) is 0. The van der Waals surface area contributed by atoms with Crippen LogP contribution in [-0.2, 0) is 10.3 Å². The molecule has 0 aromatic heterocycles. The Morgan fingerprint density at radius 3 is 2.23 bits per heavy atom. The minimum Gasteiger partial charge on any atom is -0.496 e. The zero-order valence-corrected chi connectivity index (χ0v) is 8.63. The van der Waals surface area contributed by atoms with Gasteiger partial charge in [0.05, 0.1) is 12.7 Å². The minimum atomic E-state index is -0.299. The van der Waals surface area contributed by atoms with Crippen LogP contribution < -0.4 is 4.74 Å². The molecule has 0 saturated carbocycles. The second-order valence-corrected chi connectivity index (χ2v) is 3.41. The highest BCUT2D eigenvalue weighted by molar-refractivity contribution is 5.37. The smallest absolute Gasteiger partial charge is 0.124 e. The van der Waals surface area contributed by atoms with Gasteiger partial charge in [-0.25, -0.2) is 0 Å². The summed E-state index contributed by atoms with van der Waals surface area (Å²) in [5.41, 5.74) is 0.770. The summed E-state index contributed by atoms with van der Waals surface area (Å²) in [5.74, 6) is 0.870. The normalized spacial score (nSPS) is 11.4. The molecular weight excluding hydrogens is 164 g/mol. The monoisotopic (exact) mass is 180 g/mol. The molecule has 2 heteroatoms. The Bertz CT molecular complexity index is 279. The van der Waals surface area contributed by atoms with E-state index in [9.17, 15) is 0 Å². The van der Waals surface area contributed by atoms with E-state index in [0.717, 1.165) is 11.3 Å². The van der Waals surface area contributed by atoms with Gasteiger partial charge in [0.2, 0.25) is 0 Å². The van der Waals surface area contributed by atoms with Crippen LogP contribution in [0.4, 0.5) is 0 Å². The van der Waals surface area contributed by atoms with Crippen LogP contribution in [0.2, 0.25) is 0 Å². The number of para-hydroxylation sites is 1. The van der Waals surface area contributed by atoms with Crippen molar-refractivity contribution in [1.82, 2.24) is 0 Å². The molecule has 0 bridgehead atoms. The molecule has 0 unspecified atom stereocenters. The lowest BCUT2D eigenvalue weighted by molar-refractivity contribution is 0.0173. The summed E-state index contributed by atoms with van der Waals surface area (Å²) in [6.07, 6.45) is 0. The lowest BCUT2D eigenvalue weighted by atomic mass is 9.97. The summed E-state index contributed by atoms with van der Waals surface area (Å²) in [6.45, 7) is 4.04. The van der Waals surface area contributed by atoms with Crippen molar-refractivity contribution in [3.05, 3.63) is 29.8 Å². The Labute approximate surface area is 79.5 Å². The Morgan fingerprint density at radius 1 is 1.08 bits per heavy atom. The van der Waals surface area contributed by atoms with Crippen molar-refractivity contribution in [3.8, 4) is 5.75 Å². The maximum atomic E-state index is 5.39. The Hall–Kier alpha value is -1.02. The summed E-state index contributed by atoms with van der Waals surface area (Å²) >= 11 is 0. The highest BCUT2D eigenvalue weighted by atomic mass is 16.5. The van der Waals surface area contributed by atoms with Gasteiger partial charge >= 0.3 is 0 Å². The van der Waals surface area contributed by atoms with E-state index in [1.807, 2.05) is 38.1 Å². The van der Waals surface area contributed by atoms with Crippen molar-refractivity contribution >= 4 is 0 Å². The van der Waals surface area contributed by atoms with Crippen molar-refractivity contribution in [3.63, 3.8) is 0 Å². The molecule has 0 aliphatic carbocycles. The highest BCUT2D eigenvalue weighted by Gasteiger charge is 2.22. The first-order valence-corrected chi connectivity index (χ1v) is 4.30. The third kappa shape index (κ3) is 2.01. The SMILES string of the molecule is COc1ccccc1C(C)(C)OC. The third-order valence-electron chi connectivity index (χ3n) is 2.27. The standard InChI is InChI=1S/C11H16O2/c1-11(2,13-4)9-7-5-6-8-10(9)12-3/h5-8H,1-4H3. The van der Waals surface area contributed by atoms with Crippen LogP contribution in [-0.4, -0.2) is 14.2 Å². The van der Waals surface area contributed by atoms with Gasteiger partial charge in [-0.3, -0.25) is 0 Å². The predicted molar refractivity (Wildman–Crippen MR) is 53.0 cm³/mol. The van der Waals surface area contributed by atoms with Gasteiger partial charge in [-0.05, 0) is 19.9 Å². The van der Waals surface area contributed by atoms with Gasteiger partial charge in [0.25, 0.3) is 0 Å². The highest BCUT2D eigenvalue weighted by Crippen LogP contribution is 2.31. The number of methoxy groups -OCH3 is 2. The molecule has 2 nitrogen and oxygen atoms in total. The number of rotatable bonds is 3. The zero-order chi connectivity index (χ0) is 9.90. The van der Waals surface area contributed by atoms with Crippen molar-refractivity contribution < 1.29 is 9.47 Å². The van der Waals surface area contributed by atoms with Crippen molar-refractivity contribution in [2.45, 2.75) is 19.4 Å². The first kappa shape index (κ1) is 10.1. The topological polar surface area (TPSA) is 18.5 Å². The molecule has 1 aromatic carbocycles. The second kappa shape index (κ2) is 3.79. The van der Waals surface area contributed by atoms with Crippen LogP contribution in [0, 0.1) is 0 Å². The predicted octanol–water partition coefficient (Wildman–Crippen LogP) is 2.58. The molecule has 0 radical (unpaired) electrons. The molecule has 72 valence electrons. The van der Waals surface area contributed by atoms with Crippen molar-refractivity contribution in [1.29, 1.82) is 0 Å². The molecule has 13 heavy (non-hydrogen) atoms. The van der Waals surface area contributed by atoms with E-state index in [1.54, 1.807) is 14.2 Å². The van der Waals surface area contributed by atoms with Gasteiger partial charge in [-0.15, -0.1) is 0 Å². The summed E-state index contributed by atoms with van der Waals surface area (Å²) in [7, 11) is 3.37. The molecule has 0 aliphatic rings. The van der Waals surface area contributed by atoms with E-state index in [4.69, 9.17) is 9.47 Å². The largest absolute Gasteiger partial charge is 0.496 e. The van der Waals surface area contributed by atoms with Gasteiger partial charge in [0, 0.05) is 12.7 Å². The molecule has 0 aliphatic heterocycles. The molecule has 0 amide bonds. The van der Waals surface area contributed by atoms with Crippen LogP contribution in [0.1, 0.15) is 19.4 Å². The van der Waals surface area contributed by atoms with E-state index in [1.165, 1.54) is 0 Å². The Morgan fingerprint density at radius 2 is 1.69 bits per heavy atom. The van der Waals surface area contributed by atoms with E-state index in [2.05, 4.69) is 0 Å². The van der Waals surface area contributed by atoms with E-state index < -0.39 is 0 Å². The number of hydrogen-bond acceptors (Lipinski definition) is 2. The maximum Gasteiger partial charge on any atom is 0.124 e. The molecule has 1 aromatic rings. The molecule has 0 heterocycles. The van der Waals surface area contributed by atoms with Crippen molar-refractivity contribution in [2.24, 2.45) is 0 Å². The maximum absolute atomic E-state index is 5.39. The first-order chi connectivity index (χ1) is 6.11. The third-order valence-corrected chi connectivity index (χ3v) is 2.27. The van der Waals surface area contributed by atoms with Gasteiger partial charge in [-0.2, -0.15) is 0 Å². The van der Waals surface area contributed by atoms with Crippen LogP contribution in [0.25, 0.3) is 0 Å². The van der Waals surface area contributed by atoms with Gasteiger partial charge in [0.1, 0.15) is 5.75 Å². The van der Waals surface area contributed by atoms with Gasteiger partial charge in [-0.1, -0.05) is 18.2 Å². The van der Waals surface area contributed by atoms with Gasteiger partial charge in [0.15, 0.2) is 0 Å². The van der Waals surface area contributed by atoms with E-state index >= 15 is 0 Å². The molecule has 0 N–H and O–H groups in total. The average Bonchev–Trinajstić information content (AvgIpc) is 2.18. The van der Waals surface area contributed by atoms with Crippen LogP contribution in [0.3, 0.4) is 0 Å².